The predicted molar refractivity (Wildman–Crippen MR) is 151 cm³/mol. The van der Waals surface area contributed by atoms with E-state index in [0.717, 1.165) is 0 Å². The molecule has 11 heteroatoms. The number of hydrogen-bond donors (Lipinski definition) is 3. The van der Waals surface area contributed by atoms with E-state index in [1.165, 1.54) is 6.07 Å². The van der Waals surface area contributed by atoms with Gasteiger partial charge in [0.1, 0.15) is 18.4 Å². The van der Waals surface area contributed by atoms with Crippen molar-refractivity contribution in [2.45, 2.75) is 44.7 Å². The standard InChI is InChI=1S/C31H30F2N4O5/c1-2-41-29(39)16-25-20-4-3-5-24(15-20)35-28(38)13-9-21-14-22(8-12-26(21)42-18-27(32)33)30(31(40)37-25)36-23-10-6-19(17-34)7-11-23/h3-8,10-12,14-15,25,27,30,36H,2,9,13,16,18H2,1H3,(H,35,38)(H,37,40)/t25?,30-/m1/s1. The van der Waals surface area contributed by atoms with Gasteiger partial charge < -0.3 is 25.4 Å². The second kappa shape index (κ2) is 14.1. The molecule has 1 aliphatic heterocycles. The normalized spacial score (nSPS) is 16.8. The van der Waals surface area contributed by atoms with E-state index < -0.39 is 37.0 Å². The summed E-state index contributed by atoms with van der Waals surface area (Å²) >= 11 is 0. The molecule has 1 aliphatic rings. The molecular formula is C31H30F2N4O5. The third-order valence-electron chi connectivity index (χ3n) is 6.56. The Labute approximate surface area is 241 Å². The molecule has 2 amide bonds. The number of fused-ring (bicyclic) bond motifs is 4. The molecule has 0 aromatic heterocycles. The summed E-state index contributed by atoms with van der Waals surface area (Å²) in [6.45, 7) is 1.03. The smallest absolute Gasteiger partial charge is 0.308 e. The number of halogens is 2. The van der Waals surface area contributed by atoms with Gasteiger partial charge in [0.05, 0.1) is 30.7 Å². The second-order valence-electron chi connectivity index (χ2n) is 9.58. The van der Waals surface area contributed by atoms with E-state index >= 15 is 0 Å². The van der Waals surface area contributed by atoms with E-state index in [-0.39, 0.29) is 37.5 Å². The summed E-state index contributed by atoms with van der Waals surface area (Å²) in [5.74, 6) is -1.13. The van der Waals surface area contributed by atoms with Gasteiger partial charge in [-0.2, -0.15) is 5.26 Å². The number of anilines is 2. The van der Waals surface area contributed by atoms with Gasteiger partial charge in [-0.3, -0.25) is 14.4 Å². The first kappa shape index (κ1) is 30.0. The summed E-state index contributed by atoms with van der Waals surface area (Å²) in [4.78, 5) is 39.3. The highest BCUT2D eigenvalue weighted by molar-refractivity contribution is 5.91. The van der Waals surface area contributed by atoms with Crippen molar-refractivity contribution < 1.29 is 32.6 Å². The van der Waals surface area contributed by atoms with Crippen LogP contribution < -0.4 is 20.7 Å². The number of alkyl halides is 2. The number of nitrogens with one attached hydrogen (secondary N) is 3. The van der Waals surface area contributed by atoms with E-state index in [1.54, 1.807) is 67.6 Å². The van der Waals surface area contributed by atoms with Crippen LogP contribution in [0.25, 0.3) is 0 Å². The fourth-order valence-electron chi connectivity index (χ4n) is 4.57. The van der Waals surface area contributed by atoms with Crippen LogP contribution in [0.5, 0.6) is 5.75 Å². The predicted octanol–water partition coefficient (Wildman–Crippen LogP) is 5.05. The Hall–Kier alpha value is -4.98. The molecule has 0 radical (unpaired) electrons. The average Bonchev–Trinajstić information content (AvgIpc) is 2.97. The zero-order chi connectivity index (χ0) is 30.1. The largest absolute Gasteiger partial charge is 0.487 e. The third-order valence-corrected chi connectivity index (χ3v) is 6.56. The molecule has 9 nitrogen and oxygen atoms in total. The maximum Gasteiger partial charge on any atom is 0.308 e. The SMILES string of the molecule is CCOC(=O)CC1NC(=O)[C@H](Nc2ccc(C#N)cc2)c2ccc(OCC(F)F)c(c2)CCC(=O)Nc2cccc1c2. The molecule has 0 spiro atoms. The number of amides is 2. The number of carbonyl (C=O) groups excluding carboxylic acids is 3. The third kappa shape index (κ3) is 8.04. The van der Waals surface area contributed by atoms with Crippen LogP contribution in [0.3, 0.4) is 0 Å². The maximum atomic E-state index is 13.9. The van der Waals surface area contributed by atoms with E-state index in [9.17, 15) is 23.2 Å². The fourth-order valence-corrected chi connectivity index (χ4v) is 4.57. The molecule has 1 unspecified atom stereocenters. The number of ether oxygens (including phenoxy) is 2. The second-order valence-corrected chi connectivity index (χ2v) is 9.58. The Kier molecular flexibility index (Phi) is 10.1. The lowest BCUT2D eigenvalue weighted by molar-refractivity contribution is -0.143. The number of hydrogen-bond acceptors (Lipinski definition) is 7. The van der Waals surface area contributed by atoms with Gasteiger partial charge >= 0.3 is 5.97 Å². The number of carbonyl (C=O) groups is 3. The lowest BCUT2D eigenvalue weighted by Gasteiger charge is -2.26. The lowest BCUT2D eigenvalue weighted by atomic mass is 9.97. The Bertz CT molecular complexity index is 1470. The van der Waals surface area contributed by atoms with Gasteiger partial charge in [0, 0.05) is 17.8 Å². The molecule has 4 rings (SSSR count). The lowest BCUT2D eigenvalue weighted by Crippen LogP contribution is -2.37. The highest BCUT2D eigenvalue weighted by Crippen LogP contribution is 2.30. The number of nitrogens with zero attached hydrogens (tertiary/aromatic N) is 1. The summed E-state index contributed by atoms with van der Waals surface area (Å²) < 4.78 is 36.3. The van der Waals surface area contributed by atoms with Crippen LogP contribution in [-0.2, 0) is 25.5 Å². The van der Waals surface area contributed by atoms with Gasteiger partial charge in [-0.15, -0.1) is 0 Å². The van der Waals surface area contributed by atoms with E-state index in [4.69, 9.17) is 14.7 Å². The highest BCUT2D eigenvalue weighted by atomic mass is 19.3. The van der Waals surface area contributed by atoms with Crippen LogP contribution in [0.15, 0.2) is 66.7 Å². The number of benzene rings is 3. The molecule has 3 N–H and O–H groups in total. The zero-order valence-electron chi connectivity index (χ0n) is 22.9. The zero-order valence-corrected chi connectivity index (χ0v) is 22.9. The fraction of sp³-hybridized carbons (Fsp3) is 0.290. The van der Waals surface area contributed by atoms with Gasteiger partial charge in [0.2, 0.25) is 11.8 Å². The minimum absolute atomic E-state index is 0.0187. The summed E-state index contributed by atoms with van der Waals surface area (Å²) in [6.07, 6.45) is -2.68. The number of aryl methyl sites for hydroxylation is 1. The van der Waals surface area contributed by atoms with Crippen LogP contribution >= 0.6 is 0 Å². The topological polar surface area (TPSA) is 130 Å². The Balaban J connectivity index is 1.78. The van der Waals surface area contributed by atoms with E-state index in [2.05, 4.69) is 16.0 Å². The average molecular weight is 577 g/mol. The number of nitriles is 1. The summed E-state index contributed by atoms with van der Waals surface area (Å²) in [7, 11) is 0. The first-order chi connectivity index (χ1) is 20.2. The van der Waals surface area contributed by atoms with Crippen molar-refractivity contribution in [2.75, 3.05) is 23.8 Å². The molecule has 0 saturated carbocycles. The van der Waals surface area contributed by atoms with Crippen molar-refractivity contribution in [3.63, 3.8) is 0 Å². The quantitative estimate of drug-likeness (QED) is 0.320. The van der Waals surface area contributed by atoms with Crippen LogP contribution in [0.2, 0.25) is 0 Å². The van der Waals surface area contributed by atoms with Crippen molar-refractivity contribution in [3.05, 3.63) is 89.0 Å². The molecular weight excluding hydrogens is 546 g/mol. The van der Waals surface area contributed by atoms with Crippen LogP contribution in [-0.4, -0.2) is 37.4 Å². The van der Waals surface area contributed by atoms with E-state index in [0.29, 0.717) is 33.6 Å². The molecule has 0 fully saturated rings. The van der Waals surface area contributed by atoms with Crippen molar-refractivity contribution in [3.8, 4) is 11.8 Å². The molecule has 218 valence electrons. The molecule has 2 atom stereocenters. The first-order valence-corrected chi connectivity index (χ1v) is 13.4. The Morgan fingerprint density at radius 2 is 1.86 bits per heavy atom. The van der Waals surface area contributed by atoms with Gasteiger partial charge in [-0.1, -0.05) is 18.2 Å². The molecule has 3 aromatic rings. The van der Waals surface area contributed by atoms with Gasteiger partial charge in [0.15, 0.2) is 0 Å². The maximum absolute atomic E-state index is 13.9. The van der Waals surface area contributed by atoms with Gasteiger partial charge in [-0.05, 0) is 78.6 Å². The molecule has 1 heterocycles. The summed E-state index contributed by atoms with van der Waals surface area (Å²) in [5, 5.41) is 18.1. The van der Waals surface area contributed by atoms with E-state index in [1.807, 2.05) is 6.07 Å². The van der Waals surface area contributed by atoms with Crippen molar-refractivity contribution in [1.82, 2.24) is 5.32 Å². The Morgan fingerprint density at radius 3 is 2.57 bits per heavy atom. The molecule has 0 saturated heterocycles. The van der Waals surface area contributed by atoms with Crippen molar-refractivity contribution in [1.29, 1.82) is 5.26 Å². The molecule has 4 bridgehead atoms. The number of rotatable bonds is 8. The van der Waals surface area contributed by atoms with Crippen LogP contribution in [0.1, 0.15) is 54.1 Å². The first-order valence-electron chi connectivity index (χ1n) is 13.4. The molecule has 0 aliphatic carbocycles. The monoisotopic (exact) mass is 576 g/mol. The minimum atomic E-state index is -2.70. The molecule has 3 aromatic carbocycles. The summed E-state index contributed by atoms with van der Waals surface area (Å²) in [6, 6.07) is 18.3. The van der Waals surface area contributed by atoms with Crippen LogP contribution in [0.4, 0.5) is 20.2 Å². The minimum Gasteiger partial charge on any atom is -0.487 e. The highest BCUT2D eigenvalue weighted by Gasteiger charge is 2.27. The summed E-state index contributed by atoms with van der Waals surface area (Å²) in [5.41, 5.74) is 2.96. The van der Waals surface area contributed by atoms with Gasteiger partial charge in [-0.25, -0.2) is 8.78 Å². The van der Waals surface area contributed by atoms with Crippen molar-refractivity contribution >= 4 is 29.2 Å². The molecule has 42 heavy (non-hydrogen) atoms. The van der Waals surface area contributed by atoms with Crippen molar-refractivity contribution in [2.24, 2.45) is 0 Å². The van der Waals surface area contributed by atoms with Crippen LogP contribution in [0, 0.1) is 11.3 Å². The van der Waals surface area contributed by atoms with Gasteiger partial charge in [0.25, 0.3) is 6.43 Å². The number of esters is 1. The Morgan fingerprint density at radius 1 is 1.07 bits per heavy atom.